The highest BCUT2D eigenvalue weighted by Gasteiger charge is 2.33. The van der Waals surface area contributed by atoms with Crippen LogP contribution in [-0.4, -0.2) is 18.6 Å². The Hall–Kier alpha value is -1.53. The van der Waals surface area contributed by atoms with Crippen molar-refractivity contribution in [1.29, 1.82) is 5.26 Å². The zero-order chi connectivity index (χ0) is 13.9. The third-order valence-corrected chi connectivity index (χ3v) is 4.22. The Balaban J connectivity index is 2.20. The molecule has 19 heavy (non-hydrogen) atoms. The van der Waals surface area contributed by atoms with Crippen molar-refractivity contribution in [3.8, 4) is 6.07 Å². The first-order chi connectivity index (χ1) is 9.06. The third-order valence-electron chi connectivity index (χ3n) is 4.22. The van der Waals surface area contributed by atoms with Crippen molar-refractivity contribution in [2.24, 2.45) is 11.7 Å². The molecule has 1 saturated heterocycles. The van der Waals surface area contributed by atoms with Crippen molar-refractivity contribution in [3.05, 3.63) is 29.8 Å². The molecule has 102 valence electrons. The van der Waals surface area contributed by atoms with E-state index in [4.69, 9.17) is 11.0 Å². The number of nitrogens with zero attached hydrogens (tertiary/aromatic N) is 2. The molecule has 2 N–H and O–H groups in total. The molecule has 1 aliphatic rings. The van der Waals surface area contributed by atoms with Gasteiger partial charge in [0.1, 0.15) is 0 Å². The molecule has 1 aromatic rings. The highest BCUT2D eigenvalue weighted by Crippen LogP contribution is 2.35. The van der Waals surface area contributed by atoms with Crippen LogP contribution in [0, 0.1) is 17.2 Å². The van der Waals surface area contributed by atoms with E-state index in [-0.39, 0.29) is 5.54 Å². The van der Waals surface area contributed by atoms with E-state index in [9.17, 15) is 0 Å². The van der Waals surface area contributed by atoms with E-state index in [0.29, 0.717) is 5.92 Å². The summed E-state index contributed by atoms with van der Waals surface area (Å²) in [5, 5.41) is 8.88. The second-order valence-electron chi connectivity index (χ2n) is 6.06. The van der Waals surface area contributed by atoms with Crippen LogP contribution in [0.1, 0.15) is 38.7 Å². The van der Waals surface area contributed by atoms with Gasteiger partial charge in [0.2, 0.25) is 0 Å². The highest BCUT2D eigenvalue weighted by molar-refractivity contribution is 5.52. The van der Waals surface area contributed by atoms with Crippen LogP contribution in [-0.2, 0) is 0 Å². The number of anilines is 1. The van der Waals surface area contributed by atoms with Gasteiger partial charge in [0, 0.05) is 17.8 Å². The van der Waals surface area contributed by atoms with Crippen LogP contribution >= 0.6 is 0 Å². The number of nitriles is 1. The molecule has 1 aliphatic heterocycles. The van der Waals surface area contributed by atoms with Crippen molar-refractivity contribution in [3.63, 3.8) is 0 Å². The lowest BCUT2D eigenvalue weighted by molar-refractivity contribution is 0.282. The molecule has 3 heteroatoms. The molecule has 0 radical (unpaired) electrons. The molecule has 0 aliphatic carbocycles. The average Bonchev–Trinajstić information content (AvgIpc) is 2.41. The van der Waals surface area contributed by atoms with Crippen molar-refractivity contribution in [2.75, 3.05) is 18.0 Å². The van der Waals surface area contributed by atoms with Gasteiger partial charge in [-0.1, -0.05) is 0 Å². The zero-order valence-electron chi connectivity index (χ0n) is 11.9. The molecule has 1 unspecified atom stereocenters. The summed E-state index contributed by atoms with van der Waals surface area (Å²) in [6, 6.07) is 10.1. The van der Waals surface area contributed by atoms with Crippen LogP contribution in [0.15, 0.2) is 24.3 Å². The van der Waals surface area contributed by atoms with Crippen molar-refractivity contribution < 1.29 is 0 Å². The number of rotatable bonds is 3. The number of hydrogen-bond acceptors (Lipinski definition) is 3. The number of nitrogens with two attached hydrogens (primary N) is 1. The molecule has 1 fully saturated rings. The molecular weight excluding hydrogens is 234 g/mol. The second kappa shape index (κ2) is 5.63. The van der Waals surface area contributed by atoms with E-state index in [1.807, 2.05) is 12.1 Å². The molecule has 0 saturated carbocycles. The quantitative estimate of drug-likeness (QED) is 0.906. The summed E-state index contributed by atoms with van der Waals surface area (Å²) in [4.78, 5) is 2.47. The minimum absolute atomic E-state index is 0.180. The molecule has 1 aromatic carbocycles. The van der Waals surface area contributed by atoms with Crippen LogP contribution < -0.4 is 10.6 Å². The first-order valence-electron chi connectivity index (χ1n) is 7.04. The molecule has 1 atom stereocenters. The van der Waals surface area contributed by atoms with Gasteiger partial charge in [-0.05, 0) is 69.8 Å². The maximum Gasteiger partial charge on any atom is 0.0991 e. The Morgan fingerprint density at radius 2 is 2.05 bits per heavy atom. The third kappa shape index (κ3) is 3.08. The minimum Gasteiger partial charge on any atom is -0.366 e. The monoisotopic (exact) mass is 257 g/mol. The first-order valence-corrected chi connectivity index (χ1v) is 7.04. The van der Waals surface area contributed by atoms with Crippen molar-refractivity contribution in [2.45, 2.75) is 38.6 Å². The zero-order valence-corrected chi connectivity index (χ0v) is 11.9. The van der Waals surface area contributed by atoms with Gasteiger partial charge in [-0.2, -0.15) is 5.26 Å². The maximum absolute atomic E-state index is 8.88. The van der Waals surface area contributed by atoms with Crippen LogP contribution in [0.2, 0.25) is 0 Å². The Labute approximate surface area is 116 Å². The molecule has 0 aromatic heterocycles. The van der Waals surface area contributed by atoms with E-state index in [2.05, 4.69) is 36.9 Å². The van der Waals surface area contributed by atoms with E-state index >= 15 is 0 Å². The van der Waals surface area contributed by atoms with Gasteiger partial charge in [-0.25, -0.2) is 0 Å². The Bertz CT molecular complexity index is 456. The van der Waals surface area contributed by atoms with Gasteiger partial charge in [-0.3, -0.25) is 0 Å². The van der Waals surface area contributed by atoms with E-state index in [1.165, 1.54) is 18.5 Å². The summed E-state index contributed by atoms with van der Waals surface area (Å²) in [7, 11) is 0. The summed E-state index contributed by atoms with van der Waals surface area (Å²) < 4.78 is 0. The summed E-state index contributed by atoms with van der Waals surface area (Å²) in [5.41, 5.74) is 7.81. The van der Waals surface area contributed by atoms with Gasteiger partial charge in [0.05, 0.1) is 11.6 Å². The molecule has 3 nitrogen and oxygen atoms in total. The maximum atomic E-state index is 8.88. The number of piperidine rings is 1. The second-order valence-corrected chi connectivity index (χ2v) is 6.06. The average molecular weight is 257 g/mol. The van der Waals surface area contributed by atoms with Gasteiger partial charge in [0.25, 0.3) is 0 Å². The van der Waals surface area contributed by atoms with Gasteiger partial charge in [0.15, 0.2) is 0 Å². The molecule has 2 rings (SSSR count). The largest absolute Gasteiger partial charge is 0.366 e. The summed E-state index contributed by atoms with van der Waals surface area (Å²) in [6.45, 7) is 6.43. The fourth-order valence-electron chi connectivity index (χ4n) is 2.93. The Kier molecular flexibility index (Phi) is 4.11. The minimum atomic E-state index is 0.180. The Morgan fingerprint density at radius 1 is 1.37 bits per heavy atom. The molecule has 1 heterocycles. The lowest BCUT2D eigenvalue weighted by Gasteiger charge is -2.47. The van der Waals surface area contributed by atoms with Crippen LogP contribution in [0.4, 0.5) is 5.69 Å². The fourth-order valence-corrected chi connectivity index (χ4v) is 2.93. The standard InChI is InChI=1S/C16H23N3/c1-16(2)9-7-14(8-10-17)12-19(16)15-5-3-13(11-18)4-6-15/h3-6,14H,7-10,12,17H2,1-2H3. The Morgan fingerprint density at radius 3 is 2.63 bits per heavy atom. The normalized spacial score (nSPS) is 22.0. The SMILES string of the molecule is CC1(C)CCC(CCN)CN1c1ccc(C#N)cc1. The van der Waals surface area contributed by atoms with E-state index < -0.39 is 0 Å². The van der Waals surface area contributed by atoms with Gasteiger partial charge >= 0.3 is 0 Å². The highest BCUT2D eigenvalue weighted by atomic mass is 15.2. The summed E-state index contributed by atoms with van der Waals surface area (Å²) in [5.74, 6) is 0.689. The molecule has 0 bridgehead atoms. The lowest BCUT2D eigenvalue weighted by Crippen LogP contribution is -2.50. The van der Waals surface area contributed by atoms with Gasteiger partial charge in [-0.15, -0.1) is 0 Å². The number of hydrogen-bond donors (Lipinski definition) is 1. The summed E-state index contributed by atoms with van der Waals surface area (Å²) in [6.07, 6.45) is 3.55. The van der Waals surface area contributed by atoms with E-state index in [1.54, 1.807) is 0 Å². The topological polar surface area (TPSA) is 53.0 Å². The van der Waals surface area contributed by atoms with Crippen LogP contribution in [0.3, 0.4) is 0 Å². The predicted octanol–water partition coefficient (Wildman–Crippen LogP) is 2.90. The van der Waals surface area contributed by atoms with Crippen LogP contribution in [0.5, 0.6) is 0 Å². The smallest absolute Gasteiger partial charge is 0.0991 e. The molecule has 0 spiro atoms. The van der Waals surface area contributed by atoms with Crippen molar-refractivity contribution in [1.82, 2.24) is 0 Å². The lowest BCUT2D eigenvalue weighted by atomic mass is 9.83. The summed E-state index contributed by atoms with van der Waals surface area (Å²) >= 11 is 0. The predicted molar refractivity (Wildman–Crippen MR) is 79.0 cm³/mol. The van der Waals surface area contributed by atoms with Crippen molar-refractivity contribution >= 4 is 5.69 Å². The fraction of sp³-hybridized carbons (Fsp3) is 0.562. The van der Waals surface area contributed by atoms with Crippen LogP contribution in [0.25, 0.3) is 0 Å². The molecule has 0 amide bonds. The van der Waals surface area contributed by atoms with Gasteiger partial charge < -0.3 is 10.6 Å². The number of benzene rings is 1. The molecular formula is C16H23N3. The first kappa shape index (κ1) is 13.9. The van der Waals surface area contributed by atoms with E-state index in [0.717, 1.165) is 25.1 Å².